The Morgan fingerprint density at radius 2 is 1.05 bits per heavy atom. The van der Waals surface area contributed by atoms with Crippen LogP contribution in [0.5, 0.6) is 0 Å². The molecule has 5 nitrogen and oxygen atoms in total. The number of nitrogens with zero attached hydrogens (tertiary/aromatic N) is 1. The molecule has 0 aromatic heterocycles. The normalized spacial score (nSPS) is 13.4. The van der Waals surface area contributed by atoms with Crippen molar-refractivity contribution in [3.05, 3.63) is 0 Å². The van der Waals surface area contributed by atoms with Crippen molar-refractivity contribution in [2.24, 2.45) is 5.92 Å². The van der Waals surface area contributed by atoms with Crippen LogP contribution in [0.2, 0.25) is 0 Å². The quantitative estimate of drug-likeness (QED) is 0.0610. The summed E-state index contributed by atoms with van der Waals surface area (Å²) < 4.78 is 6.03. The van der Waals surface area contributed by atoms with Gasteiger partial charge in [0.1, 0.15) is 6.54 Å². The van der Waals surface area contributed by atoms with Crippen molar-refractivity contribution >= 4 is 11.9 Å². The topological polar surface area (TPSA) is 63.6 Å². The number of hydrogen-bond donors (Lipinski definition) is 1. The van der Waals surface area contributed by atoms with Gasteiger partial charge in [-0.1, -0.05) is 142 Å². The van der Waals surface area contributed by atoms with Gasteiger partial charge in [0, 0.05) is 6.42 Å². The number of aliphatic carboxylic acids is 1. The van der Waals surface area contributed by atoms with E-state index in [-0.39, 0.29) is 12.4 Å². The lowest BCUT2D eigenvalue weighted by atomic mass is 9.98. The summed E-state index contributed by atoms with van der Waals surface area (Å²) in [6.07, 6.45) is 27.9. The lowest BCUT2D eigenvalue weighted by Gasteiger charge is -2.28. The first-order valence-electron chi connectivity index (χ1n) is 16.4. The summed E-state index contributed by atoms with van der Waals surface area (Å²) in [5.74, 6) is -0.246. The molecule has 5 heteroatoms. The summed E-state index contributed by atoms with van der Waals surface area (Å²) in [6, 6.07) is 0. The van der Waals surface area contributed by atoms with Crippen LogP contribution in [0.15, 0.2) is 0 Å². The molecule has 0 aliphatic carbocycles. The van der Waals surface area contributed by atoms with E-state index in [9.17, 15) is 9.59 Å². The smallest absolute Gasteiger partial charge is 0.307 e. The molecule has 0 aliphatic rings. The van der Waals surface area contributed by atoms with Crippen molar-refractivity contribution in [1.82, 2.24) is 0 Å². The zero-order valence-electron chi connectivity index (χ0n) is 26.2. The summed E-state index contributed by atoms with van der Waals surface area (Å²) in [6.45, 7) is 5.22. The molecule has 0 amide bonds. The lowest BCUT2D eigenvalue weighted by Crippen LogP contribution is -2.43. The molecule has 38 heavy (non-hydrogen) atoms. The maximum atomic E-state index is 12.1. The van der Waals surface area contributed by atoms with E-state index in [1.54, 1.807) is 0 Å². The molecular formula is C33H66NO4+. The van der Waals surface area contributed by atoms with E-state index in [4.69, 9.17) is 9.84 Å². The minimum atomic E-state index is -0.921. The fourth-order valence-electron chi connectivity index (χ4n) is 5.42. The molecule has 0 radical (unpaired) electrons. The third kappa shape index (κ3) is 27.9. The van der Waals surface area contributed by atoms with Gasteiger partial charge in [-0.05, 0) is 12.3 Å². The lowest BCUT2D eigenvalue weighted by molar-refractivity contribution is -0.873. The van der Waals surface area contributed by atoms with E-state index >= 15 is 0 Å². The SMILES string of the molecule is CCCC(C)CCCCCCCCCCCCCCCCCCCCC(=O)OC(CC(=O)O)C[N+](C)(C)C. The van der Waals surface area contributed by atoms with Crippen molar-refractivity contribution in [3.8, 4) is 0 Å². The molecule has 0 saturated carbocycles. The molecule has 1 N–H and O–H groups in total. The van der Waals surface area contributed by atoms with Gasteiger partial charge in [-0.25, -0.2) is 0 Å². The highest BCUT2D eigenvalue weighted by Gasteiger charge is 2.24. The summed E-state index contributed by atoms with van der Waals surface area (Å²) in [4.78, 5) is 23.2. The van der Waals surface area contributed by atoms with Gasteiger partial charge < -0.3 is 14.3 Å². The Kier molecular flexibility index (Phi) is 24.2. The minimum absolute atomic E-state index is 0.125. The van der Waals surface area contributed by atoms with Gasteiger partial charge in [-0.2, -0.15) is 0 Å². The standard InChI is InChI=1S/C33H65NO4/c1-6-25-30(2)26-23-21-19-17-15-13-11-9-7-8-10-12-14-16-18-20-22-24-27-33(37)38-31(28-32(35)36)29-34(3,4)5/h30-31H,6-29H2,1-5H3/p+1. The molecule has 0 spiro atoms. The molecule has 0 rings (SSSR count). The zero-order valence-corrected chi connectivity index (χ0v) is 26.2. The second-order valence-electron chi connectivity index (χ2n) is 13.0. The number of ether oxygens (including phenoxy) is 1. The van der Waals surface area contributed by atoms with Gasteiger partial charge >= 0.3 is 11.9 Å². The summed E-state index contributed by atoms with van der Waals surface area (Å²) in [5.41, 5.74) is 0. The Morgan fingerprint density at radius 1 is 0.658 bits per heavy atom. The highest BCUT2D eigenvalue weighted by Crippen LogP contribution is 2.17. The van der Waals surface area contributed by atoms with E-state index in [2.05, 4.69) is 13.8 Å². The third-order valence-electron chi connectivity index (χ3n) is 7.56. The first-order chi connectivity index (χ1) is 18.1. The van der Waals surface area contributed by atoms with Crippen LogP contribution in [0, 0.1) is 5.92 Å². The number of carboxylic acids is 1. The van der Waals surface area contributed by atoms with Gasteiger partial charge in [-0.3, -0.25) is 9.59 Å². The first-order valence-corrected chi connectivity index (χ1v) is 16.4. The molecule has 0 saturated heterocycles. The molecule has 226 valence electrons. The number of rotatable bonds is 28. The monoisotopic (exact) mass is 540 g/mol. The van der Waals surface area contributed by atoms with Crippen molar-refractivity contribution in [2.75, 3.05) is 27.7 Å². The van der Waals surface area contributed by atoms with Gasteiger partial charge in [0.05, 0.1) is 27.6 Å². The number of unbranched alkanes of at least 4 members (excludes halogenated alkanes) is 17. The average Bonchev–Trinajstić information content (AvgIpc) is 2.81. The van der Waals surface area contributed by atoms with E-state index in [1.165, 1.54) is 122 Å². The van der Waals surface area contributed by atoms with E-state index in [0.29, 0.717) is 17.4 Å². The number of quaternary nitrogens is 1. The van der Waals surface area contributed by atoms with E-state index in [0.717, 1.165) is 18.8 Å². The second-order valence-corrected chi connectivity index (χ2v) is 13.0. The Morgan fingerprint density at radius 3 is 1.42 bits per heavy atom. The molecule has 2 unspecified atom stereocenters. The van der Waals surface area contributed by atoms with Crippen molar-refractivity contribution in [3.63, 3.8) is 0 Å². The molecule has 0 aromatic rings. The summed E-state index contributed by atoms with van der Waals surface area (Å²) >= 11 is 0. The Balaban J connectivity index is 3.41. The Labute approximate surface area is 237 Å². The van der Waals surface area contributed by atoms with Crippen LogP contribution < -0.4 is 0 Å². The second kappa shape index (κ2) is 24.9. The van der Waals surface area contributed by atoms with Crippen LogP contribution >= 0.6 is 0 Å². The maximum absolute atomic E-state index is 12.1. The van der Waals surface area contributed by atoms with Crippen LogP contribution in [0.4, 0.5) is 0 Å². The molecular weight excluding hydrogens is 474 g/mol. The largest absolute Gasteiger partial charge is 0.481 e. The van der Waals surface area contributed by atoms with Crippen LogP contribution in [0.3, 0.4) is 0 Å². The molecule has 0 aliphatic heterocycles. The summed E-state index contributed by atoms with van der Waals surface area (Å²) in [5, 5.41) is 9.06. The van der Waals surface area contributed by atoms with Crippen molar-refractivity contribution in [1.29, 1.82) is 0 Å². The predicted molar refractivity (Wildman–Crippen MR) is 161 cm³/mol. The third-order valence-corrected chi connectivity index (χ3v) is 7.56. The van der Waals surface area contributed by atoms with Gasteiger partial charge in [-0.15, -0.1) is 0 Å². The first kappa shape index (κ1) is 36.9. The number of carboxylic acid groups (broad SMARTS) is 1. The summed E-state index contributed by atoms with van der Waals surface area (Å²) in [7, 11) is 5.93. The molecule has 0 bridgehead atoms. The molecule has 2 atom stereocenters. The maximum Gasteiger partial charge on any atom is 0.307 e. The Bertz CT molecular complexity index is 558. The van der Waals surface area contributed by atoms with Gasteiger partial charge in [0.25, 0.3) is 0 Å². The fourth-order valence-corrected chi connectivity index (χ4v) is 5.42. The van der Waals surface area contributed by atoms with E-state index < -0.39 is 12.1 Å². The zero-order chi connectivity index (χ0) is 28.5. The number of likely N-dealkylation sites (N-methyl/N-ethyl adjacent to an activating group) is 1. The fraction of sp³-hybridized carbons (Fsp3) is 0.939. The number of esters is 1. The van der Waals surface area contributed by atoms with Crippen molar-refractivity contribution in [2.45, 2.75) is 168 Å². The van der Waals surface area contributed by atoms with Gasteiger partial charge in [0.2, 0.25) is 0 Å². The number of carbonyl (C=O) groups excluding carboxylic acids is 1. The van der Waals surface area contributed by atoms with Gasteiger partial charge in [0.15, 0.2) is 6.10 Å². The van der Waals surface area contributed by atoms with Crippen LogP contribution in [0.1, 0.15) is 162 Å². The van der Waals surface area contributed by atoms with Crippen LogP contribution in [-0.2, 0) is 14.3 Å². The molecule has 0 heterocycles. The highest BCUT2D eigenvalue weighted by atomic mass is 16.5. The van der Waals surface area contributed by atoms with E-state index in [1.807, 2.05) is 21.1 Å². The van der Waals surface area contributed by atoms with Crippen LogP contribution in [-0.4, -0.2) is 55.3 Å². The van der Waals surface area contributed by atoms with Crippen LogP contribution in [0.25, 0.3) is 0 Å². The highest BCUT2D eigenvalue weighted by molar-refractivity contribution is 5.71. The number of carbonyl (C=O) groups is 2. The molecule has 0 aromatic carbocycles. The predicted octanol–water partition coefficient (Wildman–Crippen LogP) is 9.32. The average molecular weight is 541 g/mol. The minimum Gasteiger partial charge on any atom is -0.481 e. The number of hydrogen-bond acceptors (Lipinski definition) is 3. The van der Waals surface area contributed by atoms with Crippen molar-refractivity contribution < 1.29 is 23.9 Å². The Hall–Kier alpha value is -1.10. The molecule has 0 fully saturated rings.